The molecule has 0 aliphatic carbocycles. The summed E-state index contributed by atoms with van der Waals surface area (Å²) in [7, 11) is 0. The van der Waals surface area contributed by atoms with Crippen molar-refractivity contribution in [2.45, 2.75) is 32.2 Å². The third-order valence-corrected chi connectivity index (χ3v) is 4.58. The average molecular weight is 300 g/mol. The van der Waals surface area contributed by atoms with E-state index < -0.39 is 0 Å². The summed E-state index contributed by atoms with van der Waals surface area (Å²) in [5.41, 5.74) is 1.58. The lowest BCUT2D eigenvalue weighted by Gasteiger charge is -2.37. The molecule has 0 spiro atoms. The Kier molecular flexibility index (Phi) is 6.33. The number of amides is 1. The van der Waals surface area contributed by atoms with Gasteiger partial charge in [0.25, 0.3) is 0 Å². The van der Waals surface area contributed by atoms with Gasteiger partial charge in [-0.25, -0.2) is 0 Å². The van der Waals surface area contributed by atoms with Crippen LogP contribution in [-0.2, 0) is 4.79 Å². The molecule has 2 rings (SSSR count). The lowest BCUT2D eigenvalue weighted by molar-refractivity contribution is -0.136. The maximum atomic E-state index is 12.4. The first-order valence-electron chi connectivity index (χ1n) is 7.70. The van der Waals surface area contributed by atoms with Crippen molar-refractivity contribution < 1.29 is 4.79 Å². The van der Waals surface area contributed by atoms with E-state index in [1.807, 2.05) is 6.08 Å². The highest BCUT2D eigenvalue weighted by Gasteiger charge is 2.25. The molecule has 20 heavy (non-hydrogen) atoms. The van der Waals surface area contributed by atoms with E-state index in [9.17, 15) is 4.79 Å². The smallest absolute Gasteiger partial charge is 0.236 e. The molecule has 0 bridgehead atoms. The molecule has 2 fully saturated rings. The number of likely N-dealkylation sites (tertiary alicyclic amines) is 1. The largest absolute Gasteiger partial charge is 0.339 e. The molecular weight excluding hydrogens is 274 g/mol. The third-order valence-electron chi connectivity index (χ3n) is 4.40. The molecular formula is C15H26ClN3O. The lowest BCUT2D eigenvalue weighted by atomic mass is 10.0. The normalized spacial score (nSPS) is 26.3. The Hall–Kier alpha value is -0.580. The van der Waals surface area contributed by atoms with E-state index in [1.54, 1.807) is 5.54 Å². The zero-order valence-corrected chi connectivity index (χ0v) is 13.2. The van der Waals surface area contributed by atoms with Gasteiger partial charge in [0, 0.05) is 50.8 Å². The van der Waals surface area contributed by atoms with Crippen LogP contribution in [0.5, 0.6) is 0 Å². The van der Waals surface area contributed by atoms with Gasteiger partial charge in [0.1, 0.15) is 0 Å². The van der Waals surface area contributed by atoms with Gasteiger partial charge in [-0.15, -0.1) is 0 Å². The van der Waals surface area contributed by atoms with Crippen molar-refractivity contribution in [1.29, 1.82) is 0 Å². The van der Waals surface area contributed by atoms with Gasteiger partial charge in [0.05, 0.1) is 6.54 Å². The van der Waals surface area contributed by atoms with Gasteiger partial charge in [0.15, 0.2) is 0 Å². The minimum atomic E-state index is 0.311. The summed E-state index contributed by atoms with van der Waals surface area (Å²) >= 11 is 5.55. The second-order valence-electron chi connectivity index (χ2n) is 5.87. The van der Waals surface area contributed by atoms with Crippen LogP contribution >= 0.6 is 11.6 Å². The minimum absolute atomic E-state index is 0.311. The van der Waals surface area contributed by atoms with Crippen molar-refractivity contribution in [3.63, 3.8) is 0 Å². The van der Waals surface area contributed by atoms with E-state index in [0.29, 0.717) is 18.5 Å². The zero-order chi connectivity index (χ0) is 14.4. The molecule has 1 unspecified atom stereocenters. The van der Waals surface area contributed by atoms with Crippen molar-refractivity contribution in [3.05, 3.63) is 11.6 Å². The molecule has 0 N–H and O–H groups in total. The number of piperazine rings is 1. The van der Waals surface area contributed by atoms with E-state index >= 15 is 0 Å². The third kappa shape index (κ3) is 4.47. The molecule has 0 saturated carbocycles. The summed E-state index contributed by atoms with van der Waals surface area (Å²) in [6, 6.07) is 0.423. The molecule has 0 aromatic rings. The molecule has 0 radical (unpaired) electrons. The summed E-state index contributed by atoms with van der Waals surface area (Å²) in [5, 5.41) is 0. The Morgan fingerprint density at radius 2 is 1.85 bits per heavy atom. The number of hydrogen-bond donors (Lipinski definition) is 0. The monoisotopic (exact) mass is 299 g/mol. The first kappa shape index (κ1) is 15.8. The van der Waals surface area contributed by atoms with Crippen LogP contribution in [0.3, 0.4) is 0 Å². The summed E-state index contributed by atoms with van der Waals surface area (Å²) in [5.74, 6) is 0.311. The highest BCUT2D eigenvalue weighted by atomic mass is 35.5. The van der Waals surface area contributed by atoms with Crippen LogP contribution in [0.1, 0.15) is 26.2 Å². The number of halogens is 1. The fraction of sp³-hybridized carbons (Fsp3) is 0.800. The molecule has 114 valence electrons. The van der Waals surface area contributed by atoms with E-state index in [1.165, 1.54) is 6.42 Å². The van der Waals surface area contributed by atoms with Crippen LogP contribution in [0.2, 0.25) is 0 Å². The maximum absolute atomic E-state index is 12.4. The summed E-state index contributed by atoms with van der Waals surface area (Å²) < 4.78 is 0. The summed E-state index contributed by atoms with van der Waals surface area (Å²) in [6.07, 6.45) is 5.55. The lowest BCUT2D eigenvalue weighted by Crippen LogP contribution is -2.52. The predicted octanol–water partition coefficient (Wildman–Crippen LogP) is 1.76. The highest BCUT2D eigenvalue weighted by molar-refractivity contribution is 6.25. The molecule has 4 nitrogen and oxygen atoms in total. The molecule has 0 aromatic heterocycles. The number of hydrogen-bond acceptors (Lipinski definition) is 3. The van der Waals surface area contributed by atoms with E-state index in [2.05, 4.69) is 21.6 Å². The van der Waals surface area contributed by atoms with Gasteiger partial charge in [-0.3, -0.25) is 14.6 Å². The Labute approximate surface area is 127 Å². The van der Waals surface area contributed by atoms with Gasteiger partial charge >= 0.3 is 0 Å². The van der Waals surface area contributed by atoms with Crippen molar-refractivity contribution in [3.8, 4) is 0 Å². The molecule has 2 aliphatic heterocycles. The fourth-order valence-corrected chi connectivity index (χ4v) is 3.15. The van der Waals surface area contributed by atoms with Crippen LogP contribution in [0.4, 0.5) is 0 Å². The van der Waals surface area contributed by atoms with Gasteiger partial charge in [0.2, 0.25) is 5.91 Å². The van der Waals surface area contributed by atoms with E-state index in [-0.39, 0.29) is 0 Å². The van der Waals surface area contributed by atoms with Crippen LogP contribution < -0.4 is 0 Å². The molecule has 2 aliphatic rings. The highest BCUT2D eigenvalue weighted by Crippen LogP contribution is 2.16. The van der Waals surface area contributed by atoms with Crippen LogP contribution in [0, 0.1) is 0 Å². The second-order valence-corrected chi connectivity index (χ2v) is 6.12. The molecule has 2 saturated heterocycles. The molecule has 2 heterocycles. The predicted molar refractivity (Wildman–Crippen MR) is 82.9 cm³/mol. The Bertz CT molecular complexity index is 340. The van der Waals surface area contributed by atoms with Crippen molar-refractivity contribution >= 4 is 17.5 Å². The van der Waals surface area contributed by atoms with Crippen LogP contribution in [-0.4, -0.2) is 72.5 Å². The SMILES string of the molecule is CC1CCCCN1C(=O)CN1CCN(C/C=C/Cl)CC1. The number of piperidine rings is 1. The van der Waals surface area contributed by atoms with Crippen molar-refractivity contribution in [1.82, 2.24) is 14.7 Å². The molecule has 1 amide bonds. The van der Waals surface area contributed by atoms with Gasteiger partial charge < -0.3 is 4.90 Å². The number of carbonyl (C=O) groups excluding carboxylic acids is 1. The number of rotatable bonds is 4. The molecule has 5 heteroatoms. The fourth-order valence-electron chi connectivity index (χ4n) is 3.07. The molecule has 0 aromatic carbocycles. The van der Waals surface area contributed by atoms with Gasteiger partial charge in [-0.05, 0) is 26.2 Å². The Morgan fingerprint density at radius 3 is 2.50 bits per heavy atom. The van der Waals surface area contributed by atoms with Crippen molar-refractivity contribution in [2.24, 2.45) is 0 Å². The topological polar surface area (TPSA) is 26.8 Å². The number of carbonyl (C=O) groups is 1. The van der Waals surface area contributed by atoms with Crippen LogP contribution in [0.25, 0.3) is 0 Å². The molecule has 1 atom stereocenters. The van der Waals surface area contributed by atoms with Gasteiger partial charge in [-0.2, -0.15) is 0 Å². The van der Waals surface area contributed by atoms with Crippen LogP contribution in [0.15, 0.2) is 11.6 Å². The minimum Gasteiger partial charge on any atom is -0.339 e. The zero-order valence-electron chi connectivity index (χ0n) is 12.4. The Morgan fingerprint density at radius 1 is 1.15 bits per heavy atom. The number of nitrogens with zero attached hydrogens (tertiary/aromatic N) is 3. The first-order chi connectivity index (χ1) is 9.70. The quantitative estimate of drug-likeness (QED) is 0.791. The summed E-state index contributed by atoms with van der Waals surface area (Å²) in [6.45, 7) is 8.61. The maximum Gasteiger partial charge on any atom is 0.236 e. The Balaban J connectivity index is 1.73. The summed E-state index contributed by atoms with van der Waals surface area (Å²) in [4.78, 5) is 19.1. The average Bonchev–Trinajstić information content (AvgIpc) is 2.47. The second kappa shape index (κ2) is 8.01. The first-order valence-corrected chi connectivity index (χ1v) is 8.13. The standard InChI is InChI=1S/C15H26ClN3O/c1-14-5-2-3-8-19(14)15(20)13-18-11-9-17(10-12-18)7-4-6-16/h4,6,14H,2-3,5,7-13H2,1H3/b6-4+. The van der Waals surface area contributed by atoms with Gasteiger partial charge in [-0.1, -0.05) is 17.7 Å². The van der Waals surface area contributed by atoms with E-state index in [0.717, 1.165) is 52.1 Å². The van der Waals surface area contributed by atoms with E-state index in [4.69, 9.17) is 11.6 Å². The van der Waals surface area contributed by atoms with Crippen molar-refractivity contribution in [2.75, 3.05) is 45.8 Å².